The number of nitrogens with one attached hydrogen (secondary N) is 1. The molecule has 0 saturated carbocycles. The van der Waals surface area contributed by atoms with E-state index in [2.05, 4.69) is 27.3 Å². The average Bonchev–Trinajstić information content (AvgIpc) is 2.74. The van der Waals surface area contributed by atoms with Crippen molar-refractivity contribution < 1.29 is 9.15 Å². The van der Waals surface area contributed by atoms with Crippen LogP contribution in [0.15, 0.2) is 45.5 Å². The third-order valence-electron chi connectivity index (χ3n) is 2.29. The summed E-state index contributed by atoms with van der Waals surface area (Å²) < 4.78 is 11.7. The Balaban J connectivity index is 1.96. The molecule has 17 heavy (non-hydrogen) atoms. The molecule has 0 aliphatic rings. The Labute approximate surface area is 109 Å². The Morgan fingerprint density at radius 2 is 2.18 bits per heavy atom. The summed E-state index contributed by atoms with van der Waals surface area (Å²) >= 11 is 3.26. The molecule has 0 saturated heterocycles. The highest BCUT2D eigenvalue weighted by Gasteiger charge is 2.01. The maximum atomic E-state index is 5.65. The molecule has 2 aromatic rings. The summed E-state index contributed by atoms with van der Waals surface area (Å²) in [6, 6.07) is 11.8. The van der Waals surface area contributed by atoms with Gasteiger partial charge in [-0.1, -0.05) is 12.1 Å². The molecule has 0 radical (unpaired) electrons. The van der Waals surface area contributed by atoms with Crippen LogP contribution in [0.1, 0.15) is 11.3 Å². The fourth-order valence-electron chi connectivity index (χ4n) is 1.53. The van der Waals surface area contributed by atoms with Crippen LogP contribution in [0.25, 0.3) is 0 Å². The van der Waals surface area contributed by atoms with Crippen LogP contribution < -0.4 is 10.1 Å². The topological polar surface area (TPSA) is 34.4 Å². The molecular weight excluding hydrogens is 282 g/mol. The lowest BCUT2D eigenvalue weighted by Crippen LogP contribution is -2.05. The van der Waals surface area contributed by atoms with Crippen LogP contribution >= 0.6 is 15.9 Å². The normalized spacial score (nSPS) is 10.5. The molecule has 0 bridgehead atoms. The summed E-state index contributed by atoms with van der Waals surface area (Å²) in [7, 11) is 1.92. The lowest BCUT2D eigenvalue weighted by atomic mass is 10.2. The van der Waals surface area contributed by atoms with Gasteiger partial charge < -0.3 is 14.5 Å². The maximum absolute atomic E-state index is 5.65. The van der Waals surface area contributed by atoms with Crippen molar-refractivity contribution in [2.75, 3.05) is 7.05 Å². The maximum Gasteiger partial charge on any atom is 0.169 e. The quantitative estimate of drug-likeness (QED) is 0.919. The number of hydrogen-bond donors (Lipinski definition) is 1. The van der Waals surface area contributed by atoms with E-state index >= 15 is 0 Å². The highest BCUT2D eigenvalue weighted by atomic mass is 79.9. The van der Waals surface area contributed by atoms with Crippen molar-refractivity contribution in [3.05, 3.63) is 52.4 Å². The van der Waals surface area contributed by atoms with Gasteiger partial charge in [0.2, 0.25) is 0 Å². The van der Waals surface area contributed by atoms with E-state index in [0.717, 1.165) is 22.7 Å². The molecule has 1 heterocycles. The fraction of sp³-hybridized carbons (Fsp3) is 0.231. The van der Waals surface area contributed by atoms with E-state index in [9.17, 15) is 0 Å². The van der Waals surface area contributed by atoms with Gasteiger partial charge in [-0.05, 0) is 52.8 Å². The third kappa shape index (κ3) is 3.61. The Kier molecular flexibility index (Phi) is 4.23. The van der Waals surface area contributed by atoms with Gasteiger partial charge in [0.25, 0.3) is 0 Å². The Bertz CT molecular complexity index is 482. The molecule has 4 heteroatoms. The van der Waals surface area contributed by atoms with E-state index in [-0.39, 0.29) is 0 Å². The zero-order valence-corrected chi connectivity index (χ0v) is 11.2. The predicted octanol–water partition coefficient (Wildman–Crippen LogP) is 3.34. The highest BCUT2D eigenvalue weighted by Crippen LogP contribution is 2.18. The molecular formula is C13H14BrNO2. The molecule has 1 N–H and O–H groups in total. The second-order valence-corrected chi connectivity index (χ2v) is 4.45. The Morgan fingerprint density at radius 3 is 2.88 bits per heavy atom. The molecule has 0 amide bonds. The van der Waals surface area contributed by atoms with Crippen molar-refractivity contribution in [1.82, 2.24) is 5.32 Å². The first kappa shape index (κ1) is 12.2. The first-order valence-electron chi connectivity index (χ1n) is 5.38. The largest absolute Gasteiger partial charge is 0.486 e. The number of hydrogen-bond acceptors (Lipinski definition) is 3. The van der Waals surface area contributed by atoms with Crippen molar-refractivity contribution >= 4 is 15.9 Å². The molecule has 90 valence electrons. The van der Waals surface area contributed by atoms with Crippen LogP contribution in [0.5, 0.6) is 5.75 Å². The SMILES string of the molecule is CNCc1cccc(OCc2ccc(Br)o2)c1. The van der Waals surface area contributed by atoms with Crippen LogP contribution in [-0.2, 0) is 13.2 Å². The summed E-state index contributed by atoms with van der Waals surface area (Å²) in [5.74, 6) is 1.65. The molecule has 0 fully saturated rings. The summed E-state index contributed by atoms with van der Waals surface area (Å²) in [6.45, 7) is 1.28. The molecule has 0 unspecified atom stereocenters. The number of furan rings is 1. The minimum absolute atomic E-state index is 0.439. The number of rotatable bonds is 5. The van der Waals surface area contributed by atoms with Gasteiger partial charge in [-0.25, -0.2) is 0 Å². The van der Waals surface area contributed by atoms with Crippen molar-refractivity contribution in [2.45, 2.75) is 13.2 Å². The molecule has 0 spiro atoms. The van der Waals surface area contributed by atoms with E-state index in [4.69, 9.17) is 9.15 Å². The van der Waals surface area contributed by atoms with Gasteiger partial charge in [0.1, 0.15) is 18.1 Å². The van der Waals surface area contributed by atoms with E-state index < -0.39 is 0 Å². The summed E-state index contributed by atoms with van der Waals surface area (Å²) in [4.78, 5) is 0. The highest BCUT2D eigenvalue weighted by molar-refractivity contribution is 9.10. The van der Waals surface area contributed by atoms with Crippen LogP contribution in [0, 0.1) is 0 Å². The smallest absolute Gasteiger partial charge is 0.169 e. The van der Waals surface area contributed by atoms with Gasteiger partial charge in [-0.15, -0.1) is 0 Å². The van der Waals surface area contributed by atoms with Crippen molar-refractivity contribution in [1.29, 1.82) is 0 Å². The lowest BCUT2D eigenvalue weighted by Gasteiger charge is -2.06. The van der Waals surface area contributed by atoms with E-state index in [1.165, 1.54) is 5.56 Å². The monoisotopic (exact) mass is 295 g/mol. The summed E-state index contributed by atoms with van der Waals surface area (Å²) in [5.41, 5.74) is 1.20. The summed E-state index contributed by atoms with van der Waals surface area (Å²) in [6.07, 6.45) is 0. The fourth-order valence-corrected chi connectivity index (χ4v) is 1.87. The van der Waals surface area contributed by atoms with Crippen molar-refractivity contribution in [2.24, 2.45) is 0 Å². The van der Waals surface area contributed by atoms with Crippen molar-refractivity contribution in [3.8, 4) is 5.75 Å². The van der Waals surface area contributed by atoms with Gasteiger partial charge in [0, 0.05) is 6.54 Å². The number of benzene rings is 1. The van der Waals surface area contributed by atoms with Crippen LogP contribution in [0.4, 0.5) is 0 Å². The second-order valence-electron chi connectivity index (χ2n) is 3.67. The first-order valence-corrected chi connectivity index (χ1v) is 6.18. The molecule has 1 aromatic carbocycles. The minimum atomic E-state index is 0.439. The second kappa shape index (κ2) is 5.89. The average molecular weight is 296 g/mol. The Hall–Kier alpha value is -1.26. The van der Waals surface area contributed by atoms with E-state index in [1.807, 2.05) is 37.4 Å². The standard InChI is InChI=1S/C13H14BrNO2/c1-15-8-10-3-2-4-11(7-10)16-9-12-5-6-13(14)17-12/h2-7,15H,8-9H2,1H3. The first-order chi connectivity index (χ1) is 8.28. The zero-order chi connectivity index (χ0) is 12.1. The molecule has 1 aromatic heterocycles. The van der Waals surface area contributed by atoms with E-state index in [0.29, 0.717) is 6.61 Å². The number of halogens is 1. The van der Waals surface area contributed by atoms with Gasteiger partial charge in [0.15, 0.2) is 4.67 Å². The Morgan fingerprint density at radius 1 is 1.29 bits per heavy atom. The zero-order valence-electron chi connectivity index (χ0n) is 9.57. The van der Waals surface area contributed by atoms with Crippen molar-refractivity contribution in [3.63, 3.8) is 0 Å². The lowest BCUT2D eigenvalue weighted by molar-refractivity contribution is 0.267. The predicted molar refractivity (Wildman–Crippen MR) is 69.9 cm³/mol. The molecule has 0 aliphatic carbocycles. The van der Waals surface area contributed by atoms with Crippen LogP contribution in [0.3, 0.4) is 0 Å². The molecule has 3 nitrogen and oxygen atoms in total. The van der Waals surface area contributed by atoms with Gasteiger partial charge in [-0.2, -0.15) is 0 Å². The van der Waals surface area contributed by atoms with Crippen LogP contribution in [0.2, 0.25) is 0 Å². The van der Waals surface area contributed by atoms with Gasteiger partial charge >= 0.3 is 0 Å². The minimum Gasteiger partial charge on any atom is -0.486 e. The van der Waals surface area contributed by atoms with Gasteiger partial charge in [-0.3, -0.25) is 0 Å². The molecule has 2 rings (SSSR count). The molecule has 0 atom stereocenters. The summed E-state index contributed by atoms with van der Waals surface area (Å²) in [5, 5.41) is 3.11. The molecule has 0 aliphatic heterocycles. The number of ether oxygens (including phenoxy) is 1. The van der Waals surface area contributed by atoms with E-state index in [1.54, 1.807) is 0 Å². The van der Waals surface area contributed by atoms with Gasteiger partial charge in [0.05, 0.1) is 0 Å². The van der Waals surface area contributed by atoms with Crippen LogP contribution in [-0.4, -0.2) is 7.05 Å². The third-order valence-corrected chi connectivity index (χ3v) is 2.72.